The number of rotatable bonds is 2. The van der Waals surface area contributed by atoms with E-state index in [4.69, 9.17) is 17.0 Å². The van der Waals surface area contributed by atoms with E-state index in [1.165, 1.54) is 5.56 Å². The second kappa shape index (κ2) is 4.90. The molecule has 0 bridgehead atoms. The monoisotopic (exact) mass is 228 g/mol. The Balaban J connectivity index is 2.12. The highest BCUT2D eigenvalue weighted by Gasteiger charge is 2.02. The van der Waals surface area contributed by atoms with E-state index in [9.17, 15) is 0 Å². The summed E-state index contributed by atoms with van der Waals surface area (Å²) in [6.45, 7) is 2.05. The van der Waals surface area contributed by atoms with Crippen LogP contribution in [0.1, 0.15) is 11.1 Å². The van der Waals surface area contributed by atoms with Crippen molar-refractivity contribution in [2.45, 2.75) is 6.92 Å². The highest BCUT2D eigenvalue weighted by atomic mass is 32.1. The summed E-state index contributed by atoms with van der Waals surface area (Å²) in [6.07, 6.45) is 0. The Kier molecular flexibility index (Phi) is 3.32. The van der Waals surface area contributed by atoms with Gasteiger partial charge in [0.25, 0.3) is 0 Å². The lowest BCUT2D eigenvalue weighted by Crippen LogP contribution is -2.06. The first-order valence-electron chi connectivity index (χ1n) is 5.09. The van der Waals surface area contributed by atoms with E-state index in [1.54, 1.807) is 0 Å². The minimum Gasteiger partial charge on any atom is -0.445 e. The fraction of sp³-hybridized carbons (Fsp3) is 0.0714. The molecular weight excluding hydrogens is 216 g/mol. The molecule has 2 rings (SSSR count). The molecule has 0 saturated heterocycles. The largest absolute Gasteiger partial charge is 0.445 e. The molecule has 0 amide bonds. The van der Waals surface area contributed by atoms with Gasteiger partial charge in [-0.25, -0.2) is 0 Å². The molecule has 16 heavy (non-hydrogen) atoms. The SMILES string of the molecule is Cc1ccc(C(=S)Oc2ccccc2)cc1. The van der Waals surface area contributed by atoms with E-state index >= 15 is 0 Å². The molecule has 0 N–H and O–H groups in total. The van der Waals surface area contributed by atoms with Gasteiger partial charge < -0.3 is 4.74 Å². The summed E-state index contributed by atoms with van der Waals surface area (Å²) in [6, 6.07) is 17.6. The van der Waals surface area contributed by atoms with Crippen molar-refractivity contribution in [1.29, 1.82) is 0 Å². The van der Waals surface area contributed by atoms with Crippen LogP contribution in [0.4, 0.5) is 0 Å². The lowest BCUT2D eigenvalue weighted by atomic mass is 10.2. The quantitative estimate of drug-likeness (QED) is 0.724. The first-order chi connectivity index (χ1) is 7.75. The molecule has 0 heterocycles. The molecule has 2 aromatic carbocycles. The van der Waals surface area contributed by atoms with Gasteiger partial charge in [-0.2, -0.15) is 0 Å². The highest BCUT2D eigenvalue weighted by molar-refractivity contribution is 7.80. The number of aryl methyl sites for hydroxylation is 1. The maximum Gasteiger partial charge on any atom is 0.198 e. The number of hydrogen-bond acceptors (Lipinski definition) is 2. The van der Waals surface area contributed by atoms with Crippen molar-refractivity contribution in [3.05, 3.63) is 65.7 Å². The zero-order valence-electron chi connectivity index (χ0n) is 9.01. The van der Waals surface area contributed by atoms with Gasteiger partial charge in [0.2, 0.25) is 0 Å². The number of ether oxygens (including phenoxy) is 1. The molecule has 2 aromatic rings. The first-order valence-corrected chi connectivity index (χ1v) is 5.50. The number of para-hydroxylation sites is 1. The van der Waals surface area contributed by atoms with Gasteiger partial charge >= 0.3 is 0 Å². The molecule has 0 aliphatic carbocycles. The van der Waals surface area contributed by atoms with Crippen LogP contribution in [-0.2, 0) is 0 Å². The van der Waals surface area contributed by atoms with Crippen molar-refractivity contribution < 1.29 is 4.74 Å². The third kappa shape index (κ3) is 2.67. The molecule has 80 valence electrons. The normalized spacial score (nSPS) is 9.81. The van der Waals surface area contributed by atoms with E-state index in [2.05, 4.69) is 0 Å². The van der Waals surface area contributed by atoms with Crippen molar-refractivity contribution in [1.82, 2.24) is 0 Å². The number of thiocarbonyl (C=S) groups is 1. The Bertz CT molecular complexity index is 474. The predicted molar refractivity (Wildman–Crippen MR) is 69.9 cm³/mol. The van der Waals surface area contributed by atoms with Crippen molar-refractivity contribution in [3.63, 3.8) is 0 Å². The van der Waals surface area contributed by atoms with Crippen LogP contribution in [0.25, 0.3) is 0 Å². The lowest BCUT2D eigenvalue weighted by molar-refractivity contribution is 0.566. The van der Waals surface area contributed by atoms with Crippen LogP contribution in [0, 0.1) is 6.92 Å². The van der Waals surface area contributed by atoms with Crippen LogP contribution in [0.3, 0.4) is 0 Å². The molecule has 0 aromatic heterocycles. The first kappa shape index (κ1) is 10.8. The predicted octanol–water partition coefficient (Wildman–Crippen LogP) is 3.75. The number of hydrogen-bond donors (Lipinski definition) is 0. The molecule has 0 aliphatic heterocycles. The van der Waals surface area contributed by atoms with Crippen LogP contribution in [0.15, 0.2) is 54.6 Å². The summed E-state index contributed by atoms with van der Waals surface area (Å²) in [5, 5.41) is 0.506. The van der Waals surface area contributed by atoms with E-state index in [1.807, 2.05) is 61.5 Å². The van der Waals surface area contributed by atoms with Crippen LogP contribution in [-0.4, -0.2) is 5.05 Å². The minimum atomic E-state index is 0.506. The smallest absolute Gasteiger partial charge is 0.198 e. The molecule has 0 atom stereocenters. The zero-order chi connectivity index (χ0) is 11.4. The molecule has 0 radical (unpaired) electrons. The average molecular weight is 228 g/mol. The second-order valence-corrected chi connectivity index (χ2v) is 3.94. The molecule has 0 unspecified atom stereocenters. The van der Waals surface area contributed by atoms with Crippen LogP contribution in [0.2, 0.25) is 0 Å². The average Bonchev–Trinajstić information content (AvgIpc) is 2.31. The lowest BCUT2D eigenvalue weighted by Gasteiger charge is -2.06. The summed E-state index contributed by atoms with van der Waals surface area (Å²) >= 11 is 5.22. The highest BCUT2D eigenvalue weighted by Crippen LogP contribution is 2.13. The summed E-state index contributed by atoms with van der Waals surface area (Å²) in [7, 11) is 0. The third-order valence-electron chi connectivity index (χ3n) is 2.24. The van der Waals surface area contributed by atoms with Gasteiger partial charge in [0.05, 0.1) is 0 Å². The van der Waals surface area contributed by atoms with E-state index < -0.39 is 0 Å². The minimum absolute atomic E-state index is 0.506. The van der Waals surface area contributed by atoms with Crippen molar-refractivity contribution in [2.75, 3.05) is 0 Å². The Labute approximate surface area is 101 Å². The molecular formula is C14H12OS. The summed E-state index contributed by atoms with van der Waals surface area (Å²) in [5.41, 5.74) is 2.15. The van der Waals surface area contributed by atoms with E-state index in [-0.39, 0.29) is 0 Å². The summed E-state index contributed by atoms with van der Waals surface area (Å²) < 4.78 is 5.57. The van der Waals surface area contributed by atoms with Crippen molar-refractivity contribution in [3.8, 4) is 5.75 Å². The van der Waals surface area contributed by atoms with E-state index in [0.29, 0.717) is 5.05 Å². The van der Waals surface area contributed by atoms with Gasteiger partial charge in [-0.15, -0.1) is 0 Å². The van der Waals surface area contributed by atoms with Gasteiger partial charge in [-0.3, -0.25) is 0 Å². The van der Waals surface area contributed by atoms with Gasteiger partial charge in [-0.1, -0.05) is 48.0 Å². The van der Waals surface area contributed by atoms with Crippen LogP contribution < -0.4 is 4.74 Å². The summed E-state index contributed by atoms with van der Waals surface area (Å²) in [5.74, 6) is 0.771. The van der Waals surface area contributed by atoms with Crippen LogP contribution >= 0.6 is 12.2 Å². The van der Waals surface area contributed by atoms with Gasteiger partial charge in [0.15, 0.2) is 5.05 Å². The topological polar surface area (TPSA) is 9.23 Å². The van der Waals surface area contributed by atoms with Crippen LogP contribution in [0.5, 0.6) is 5.75 Å². The zero-order valence-corrected chi connectivity index (χ0v) is 9.83. The van der Waals surface area contributed by atoms with Gasteiger partial charge in [0, 0.05) is 5.56 Å². The number of benzene rings is 2. The van der Waals surface area contributed by atoms with Gasteiger partial charge in [0.1, 0.15) is 5.75 Å². The molecule has 2 heteroatoms. The fourth-order valence-electron chi connectivity index (χ4n) is 1.34. The standard InChI is InChI=1S/C14H12OS/c1-11-7-9-12(10-8-11)14(16)15-13-5-3-2-4-6-13/h2-10H,1H3. The van der Waals surface area contributed by atoms with Crippen molar-refractivity contribution >= 4 is 17.3 Å². The van der Waals surface area contributed by atoms with Crippen molar-refractivity contribution in [2.24, 2.45) is 0 Å². The Morgan fingerprint density at radius 3 is 2.19 bits per heavy atom. The molecule has 1 nitrogen and oxygen atoms in total. The maximum atomic E-state index is 5.57. The maximum absolute atomic E-state index is 5.57. The third-order valence-corrected chi connectivity index (χ3v) is 2.56. The molecule has 0 fully saturated rings. The Morgan fingerprint density at radius 1 is 0.938 bits per heavy atom. The Hall–Kier alpha value is -1.67. The van der Waals surface area contributed by atoms with E-state index in [0.717, 1.165) is 11.3 Å². The second-order valence-electron chi connectivity index (χ2n) is 3.57. The van der Waals surface area contributed by atoms with Gasteiger partial charge in [-0.05, 0) is 31.3 Å². The summed E-state index contributed by atoms with van der Waals surface area (Å²) in [4.78, 5) is 0. The molecule has 0 saturated carbocycles. The fourth-order valence-corrected chi connectivity index (χ4v) is 1.58. The molecule has 0 aliphatic rings. The molecule has 0 spiro atoms. The Morgan fingerprint density at radius 2 is 1.56 bits per heavy atom.